The maximum Gasteiger partial charge on any atom is 0.331 e. The Labute approximate surface area is 239 Å². The van der Waals surface area contributed by atoms with Crippen LogP contribution >= 0.6 is 11.3 Å². The van der Waals surface area contributed by atoms with E-state index in [2.05, 4.69) is 37.5 Å². The molecule has 4 aromatic heterocycles. The molecule has 1 fully saturated rings. The number of nitrogens with zero attached hydrogens (tertiary/aromatic N) is 4. The summed E-state index contributed by atoms with van der Waals surface area (Å²) in [6.45, 7) is 7.24. The van der Waals surface area contributed by atoms with Gasteiger partial charge in [0.25, 0.3) is 5.91 Å². The number of urea groups is 1. The summed E-state index contributed by atoms with van der Waals surface area (Å²) in [5, 5.41) is 9.53. The highest BCUT2D eigenvalue weighted by Gasteiger charge is 2.35. The minimum atomic E-state index is -0.423. The summed E-state index contributed by atoms with van der Waals surface area (Å²) < 4.78 is 5.82. The highest BCUT2D eigenvalue weighted by atomic mass is 32.1. The Bertz CT molecular complexity index is 1720. The standard InChI is InChI=1S/C29H27N7O4S/c1-4-21(37)33-17-8-6-9-18(17)34-27(38)26-25-24-19(11-12-30-28(24)41-26)36(29(39)35-25)20-14-31-23(13-15(20)2)40-22-10-5-7-16(3)32-22/h4-5,7,10-14,17-18H,1,6,8-9H2,2-3H3,(H,33,37)(H,34,38)(H,35,39)/t17-,18+/m0/s1. The third-order valence-corrected chi connectivity index (χ3v) is 8.27. The lowest BCUT2D eigenvalue weighted by molar-refractivity contribution is -0.117. The summed E-state index contributed by atoms with van der Waals surface area (Å²) in [7, 11) is 0. The number of hydrogen-bond acceptors (Lipinski definition) is 8. The van der Waals surface area contributed by atoms with E-state index in [1.807, 2.05) is 26.0 Å². The van der Waals surface area contributed by atoms with Crippen molar-refractivity contribution in [1.82, 2.24) is 25.6 Å². The molecule has 6 rings (SSSR count). The van der Waals surface area contributed by atoms with E-state index in [0.717, 1.165) is 30.5 Å². The van der Waals surface area contributed by atoms with Crippen LogP contribution in [0.1, 0.15) is 40.2 Å². The second-order valence-corrected chi connectivity index (χ2v) is 10.9. The van der Waals surface area contributed by atoms with Gasteiger partial charge >= 0.3 is 6.03 Å². The van der Waals surface area contributed by atoms with Crippen LogP contribution in [0.4, 0.5) is 21.9 Å². The molecule has 4 amide bonds. The van der Waals surface area contributed by atoms with Crippen molar-refractivity contribution < 1.29 is 19.1 Å². The zero-order valence-corrected chi connectivity index (χ0v) is 23.2. The van der Waals surface area contributed by atoms with Crippen molar-refractivity contribution >= 4 is 56.5 Å². The van der Waals surface area contributed by atoms with Gasteiger partial charge in [-0.1, -0.05) is 12.6 Å². The van der Waals surface area contributed by atoms with Crippen molar-refractivity contribution in [3.63, 3.8) is 0 Å². The molecule has 2 aliphatic rings. The Hall–Kier alpha value is -4.84. The Kier molecular flexibility index (Phi) is 6.83. The number of aryl methyl sites for hydroxylation is 2. The molecule has 1 aliphatic heterocycles. The number of nitrogens with one attached hydrogen (secondary N) is 3. The topological polar surface area (TPSA) is 138 Å². The molecular weight excluding hydrogens is 542 g/mol. The summed E-state index contributed by atoms with van der Waals surface area (Å²) >= 11 is 1.21. The van der Waals surface area contributed by atoms with Crippen LogP contribution in [0.2, 0.25) is 0 Å². The normalized spacial score (nSPS) is 17.7. The van der Waals surface area contributed by atoms with E-state index in [1.54, 1.807) is 30.6 Å². The molecule has 208 valence electrons. The average molecular weight is 570 g/mol. The molecule has 4 aromatic rings. The number of aromatic nitrogens is 3. The SMILES string of the molecule is C=CC(=O)N[C@H]1CCC[C@H]1NC(=O)c1sc2nccc3c2c1NC(=O)N3c1cnc(Oc2cccc(C)n2)cc1C. The molecule has 0 bridgehead atoms. The molecule has 0 spiro atoms. The Balaban J connectivity index is 1.30. The number of amides is 4. The molecule has 0 aromatic carbocycles. The largest absolute Gasteiger partial charge is 0.421 e. The summed E-state index contributed by atoms with van der Waals surface area (Å²) in [5.41, 5.74) is 3.17. The lowest BCUT2D eigenvalue weighted by Crippen LogP contribution is -2.48. The van der Waals surface area contributed by atoms with E-state index in [9.17, 15) is 14.4 Å². The van der Waals surface area contributed by atoms with Gasteiger partial charge in [0.15, 0.2) is 0 Å². The average Bonchev–Trinajstić information content (AvgIpc) is 3.54. The smallest absolute Gasteiger partial charge is 0.331 e. The zero-order valence-electron chi connectivity index (χ0n) is 22.4. The van der Waals surface area contributed by atoms with E-state index in [1.165, 1.54) is 22.3 Å². The minimum Gasteiger partial charge on any atom is -0.421 e. The summed E-state index contributed by atoms with van der Waals surface area (Å²) in [5.74, 6) is 0.185. The number of pyridine rings is 3. The van der Waals surface area contributed by atoms with E-state index in [0.29, 0.717) is 43.9 Å². The fourth-order valence-electron chi connectivity index (χ4n) is 5.26. The fourth-order valence-corrected chi connectivity index (χ4v) is 6.28. The molecule has 5 heterocycles. The second-order valence-electron chi connectivity index (χ2n) is 9.94. The Morgan fingerprint density at radius 3 is 2.68 bits per heavy atom. The maximum atomic E-state index is 13.5. The van der Waals surface area contributed by atoms with Gasteiger partial charge in [0.2, 0.25) is 17.7 Å². The van der Waals surface area contributed by atoms with Gasteiger partial charge in [0.05, 0.1) is 28.6 Å². The van der Waals surface area contributed by atoms with Crippen molar-refractivity contribution in [2.45, 2.75) is 45.2 Å². The minimum absolute atomic E-state index is 0.182. The second kappa shape index (κ2) is 10.6. The molecule has 1 saturated carbocycles. The van der Waals surface area contributed by atoms with Gasteiger partial charge in [-0.3, -0.25) is 14.5 Å². The van der Waals surface area contributed by atoms with E-state index in [-0.39, 0.29) is 23.9 Å². The molecule has 0 unspecified atom stereocenters. The molecular formula is C29H27N7O4S. The molecule has 41 heavy (non-hydrogen) atoms. The van der Waals surface area contributed by atoms with Crippen molar-refractivity contribution in [2.75, 3.05) is 10.2 Å². The predicted octanol–water partition coefficient (Wildman–Crippen LogP) is 5.13. The van der Waals surface area contributed by atoms with Gasteiger partial charge in [-0.25, -0.2) is 19.7 Å². The van der Waals surface area contributed by atoms with Crippen LogP contribution in [-0.4, -0.2) is 44.9 Å². The molecule has 2 atom stereocenters. The predicted molar refractivity (Wildman–Crippen MR) is 156 cm³/mol. The number of ether oxygens (including phenoxy) is 1. The lowest BCUT2D eigenvalue weighted by Gasteiger charge is -2.29. The van der Waals surface area contributed by atoms with Crippen molar-refractivity contribution in [2.24, 2.45) is 0 Å². The van der Waals surface area contributed by atoms with Gasteiger partial charge in [-0.2, -0.15) is 0 Å². The summed E-state index contributed by atoms with van der Waals surface area (Å²) in [6, 6.07) is 8.14. The van der Waals surface area contributed by atoms with Gasteiger partial charge < -0.3 is 20.7 Å². The van der Waals surface area contributed by atoms with Crippen molar-refractivity contribution in [3.05, 3.63) is 71.5 Å². The molecule has 11 nitrogen and oxygen atoms in total. The molecule has 0 saturated heterocycles. The zero-order chi connectivity index (χ0) is 28.7. The van der Waals surface area contributed by atoms with E-state index in [4.69, 9.17) is 4.74 Å². The molecule has 3 N–H and O–H groups in total. The number of carbonyl (C=O) groups is 3. The van der Waals surface area contributed by atoms with E-state index >= 15 is 0 Å². The van der Waals surface area contributed by atoms with Crippen LogP contribution in [0, 0.1) is 13.8 Å². The van der Waals surface area contributed by atoms with Crippen LogP contribution in [0.3, 0.4) is 0 Å². The van der Waals surface area contributed by atoms with E-state index < -0.39 is 6.03 Å². The van der Waals surface area contributed by atoms with Gasteiger partial charge in [-0.15, -0.1) is 11.3 Å². The summed E-state index contributed by atoms with van der Waals surface area (Å²) in [4.78, 5) is 54.6. The first-order valence-electron chi connectivity index (χ1n) is 13.2. The van der Waals surface area contributed by atoms with Crippen LogP contribution in [0.25, 0.3) is 10.2 Å². The Morgan fingerprint density at radius 2 is 1.93 bits per heavy atom. The van der Waals surface area contributed by atoms with Crippen LogP contribution in [-0.2, 0) is 4.79 Å². The first kappa shape index (κ1) is 26.4. The van der Waals surface area contributed by atoms with Gasteiger partial charge in [-0.05, 0) is 56.9 Å². The fraction of sp³-hybridized carbons (Fsp3) is 0.241. The first-order chi connectivity index (χ1) is 19.8. The molecule has 1 aliphatic carbocycles. The summed E-state index contributed by atoms with van der Waals surface area (Å²) in [6.07, 6.45) is 6.80. The number of rotatable bonds is 7. The number of hydrogen-bond donors (Lipinski definition) is 3. The number of carbonyl (C=O) groups excluding carboxylic acids is 3. The van der Waals surface area contributed by atoms with Crippen molar-refractivity contribution in [1.29, 1.82) is 0 Å². The van der Waals surface area contributed by atoms with Crippen LogP contribution < -0.4 is 25.6 Å². The third kappa shape index (κ3) is 4.97. The monoisotopic (exact) mass is 569 g/mol. The van der Waals surface area contributed by atoms with Crippen molar-refractivity contribution in [3.8, 4) is 11.8 Å². The molecule has 0 radical (unpaired) electrons. The highest BCUT2D eigenvalue weighted by molar-refractivity contribution is 7.21. The van der Waals surface area contributed by atoms with Gasteiger partial charge in [0, 0.05) is 36.1 Å². The van der Waals surface area contributed by atoms with Crippen LogP contribution in [0.5, 0.6) is 11.8 Å². The quantitative estimate of drug-likeness (QED) is 0.262. The number of thiophene rings is 1. The first-order valence-corrected chi connectivity index (χ1v) is 14.0. The highest BCUT2D eigenvalue weighted by Crippen LogP contribution is 2.46. The maximum absolute atomic E-state index is 13.5. The van der Waals surface area contributed by atoms with Crippen LogP contribution in [0.15, 0.2) is 55.4 Å². The van der Waals surface area contributed by atoms with Gasteiger partial charge in [0.1, 0.15) is 9.71 Å². The molecule has 12 heteroatoms. The third-order valence-electron chi connectivity index (χ3n) is 7.17. The lowest BCUT2D eigenvalue weighted by atomic mass is 10.1. The number of anilines is 3. The Morgan fingerprint density at radius 1 is 1.12 bits per heavy atom.